The quantitative estimate of drug-likeness (QED) is 0.758. The molecule has 25 heavy (non-hydrogen) atoms. The Morgan fingerprint density at radius 2 is 1.64 bits per heavy atom. The second-order valence-electron chi connectivity index (χ2n) is 6.78. The van der Waals surface area contributed by atoms with Crippen molar-refractivity contribution in [1.82, 2.24) is 0 Å². The molecule has 0 amide bonds. The van der Waals surface area contributed by atoms with E-state index in [4.69, 9.17) is 10.5 Å². The fourth-order valence-electron chi connectivity index (χ4n) is 2.81. The van der Waals surface area contributed by atoms with Crippen LogP contribution >= 0.6 is 0 Å². The number of hydrogen-bond donors (Lipinski definition) is 2. The number of carbonyl (C=O) groups excluding carboxylic acids is 1. The lowest BCUT2D eigenvalue weighted by atomic mass is 9.76. The number of carbonyl (C=O) groups is 1. The molecule has 2 aromatic rings. The van der Waals surface area contributed by atoms with Crippen molar-refractivity contribution in [3.63, 3.8) is 0 Å². The zero-order valence-electron chi connectivity index (χ0n) is 15.1. The minimum absolute atomic E-state index is 0.159. The summed E-state index contributed by atoms with van der Waals surface area (Å²) in [6.45, 7) is 6.00. The molecule has 4 nitrogen and oxygen atoms in total. The summed E-state index contributed by atoms with van der Waals surface area (Å²) in [4.78, 5) is 11.6. The highest BCUT2D eigenvalue weighted by Gasteiger charge is 2.32. The van der Waals surface area contributed by atoms with E-state index < -0.39 is 12.1 Å². The average molecular weight is 341 g/mol. The third kappa shape index (κ3) is 4.68. The van der Waals surface area contributed by atoms with Gasteiger partial charge in [0.1, 0.15) is 0 Å². The fraction of sp³-hybridized carbons (Fsp3) is 0.381. The van der Waals surface area contributed by atoms with Gasteiger partial charge < -0.3 is 15.6 Å². The summed E-state index contributed by atoms with van der Waals surface area (Å²) < 4.78 is 4.84. The van der Waals surface area contributed by atoms with Crippen LogP contribution in [0.4, 0.5) is 0 Å². The Balaban J connectivity index is 2.11. The van der Waals surface area contributed by atoms with Crippen LogP contribution < -0.4 is 5.73 Å². The maximum atomic E-state index is 11.6. The Bertz CT molecular complexity index is 680. The standard InChI is InChI=1S/C21H27NO3/c1-4-25-20(24)18(23)14-19(22)21(2,3)17-12-10-16(11-13-17)15-8-6-5-7-9-15/h5-13,18-19,23H,4,14,22H2,1-3H3/t18-,19+/m1/s1. The Kier molecular flexibility index (Phi) is 6.34. The summed E-state index contributed by atoms with van der Waals surface area (Å²) >= 11 is 0. The molecule has 0 fully saturated rings. The van der Waals surface area contributed by atoms with E-state index in [9.17, 15) is 9.90 Å². The first-order valence-electron chi connectivity index (χ1n) is 8.62. The molecule has 0 spiro atoms. The molecule has 0 bridgehead atoms. The van der Waals surface area contributed by atoms with E-state index in [-0.39, 0.29) is 24.5 Å². The van der Waals surface area contributed by atoms with Gasteiger partial charge in [0.15, 0.2) is 6.10 Å². The molecule has 0 aliphatic carbocycles. The second-order valence-corrected chi connectivity index (χ2v) is 6.78. The molecule has 0 aromatic heterocycles. The van der Waals surface area contributed by atoms with Gasteiger partial charge in [-0.1, -0.05) is 68.4 Å². The molecule has 0 radical (unpaired) electrons. The Morgan fingerprint density at radius 3 is 2.20 bits per heavy atom. The van der Waals surface area contributed by atoms with Gasteiger partial charge in [-0.05, 0) is 23.6 Å². The van der Waals surface area contributed by atoms with Gasteiger partial charge in [0.05, 0.1) is 6.61 Å². The molecule has 0 saturated carbocycles. The van der Waals surface area contributed by atoms with E-state index in [0.717, 1.165) is 16.7 Å². The van der Waals surface area contributed by atoms with Gasteiger partial charge in [-0.15, -0.1) is 0 Å². The molecule has 0 heterocycles. The first-order valence-corrected chi connectivity index (χ1v) is 8.62. The normalized spacial score (nSPS) is 14.0. The van der Waals surface area contributed by atoms with Crippen molar-refractivity contribution in [2.75, 3.05) is 6.61 Å². The molecule has 134 valence electrons. The lowest BCUT2D eigenvalue weighted by Gasteiger charge is -2.33. The van der Waals surface area contributed by atoms with E-state index in [2.05, 4.69) is 36.4 Å². The summed E-state index contributed by atoms with van der Waals surface area (Å²) in [5, 5.41) is 9.97. The zero-order valence-corrected chi connectivity index (χ0v) is 15.1. The number of aliphatic hydroxyl groups excluding tert-OH is 1. The highest BCUT2D eigenvalue weighted by atomic mass is 16.5. The molecule has 0 aliphatic rings. The lowest BCUT2D eigenvalue weighted by molar-refractivity contribution is -0.153. The molecule has 3 N–H and O–H groups in total. The second kappa shape index (κ2) is 8.28. The van der Waals surface area contributed by atoms with E-state index in [1.165, 1.54) is 0 Å². The summed E-state index contributed by atoms with van der Waals surface area (Å²) in [5.41, 5.74) is 9.28. The van der Waals surface area contributed by atoms with Crippen molar-refractivity contribution in [2.24, 2.45) is 5.73 Å². The van der Waals surface area contributed by atoms with Crippen LogP contribution in [-0.4, -0.2) is 29.8 Å². The van der Waals surface area contributed by atoms with E-state index in [1.807, 2.05) is 32.0 Å². The molecule has 2 atom stereocenters. The summed E-state index contributed by atoms with van der Waals surface area (Å²) in [7, 11) is 0. The number of ether oxygens (including phenoxy) is 1. The van der Waals surface area contributed by atoms with Crippen molar-refractivity contribution in [1.29, 1.82) is 0 Å². The highest BCUT2D eigenvalue weighted by Crippen LogP contribution is 2.30. The SMILES string of the molecule is CCOC(=O)[C@H](O)C[C@H](N)C(C)(C)c1ccc(-c2ccccc2)cc1. The summed E-state index contributed by atoms with van der Waals surface area (Å²) in [6.07, 6.45) is -1.04. The average Bonchev–Trinajstić information content (AvgIpc) is 2.62. The molecule has 0 unspecified atom stereocenters. The van der Waals surface area contributed by atoms with Crippen LogP contribution in [0, 0.1) is 0 Å². The van der Waals surface area contributed by atoms with Crippen LogP contribution in [0.5, 0.6) is 0 Å². The first kappa shape index (κ1) is 19.2. The van der Waals surface area contributed by atoms with Gasteiger partial charge in [-0.2, -0.15) is 0 Å². The number of aliphatic hydroxyl groups is 1. The van der Waals surface area contributed by atoms with Gasteiger partial charge >= 0.3 is 5.97 Å². The predicted octanol–water partition coefficient (Wildman–Crippen LogP) is 3.27. The van der Waals surface area contributed by atoms with E-state index >= 15 is 0 Å². The van der Waals surface area contributed by atoms with Crippen LogP contribution in [-0.2, 0) is 14.9 Å². The maximum Gasteiger partial charge on any atom is 0.335 e. The van der Waals surface area contributed by atoms with Crippen LogP contribution in [0.1, 0.15) is 32.8 Å². The van der Waals surface area contributed by atoms with Crippen LogP contribution in [0.25, 0.3) is 11.1 Å². The van der Waals surface area contributed by atoms with Crippen molar-refractivity contribution < 1.29 is 14.6 Å². The Labute approximate surface area is 149 Å². The van der Waals surface area contributed by atoms with Gasteiger partial charge in [0.2, 0.25) is 0 Å². The van der Waals surface area contributed by atoms with Crippen LogP contribution in [0.2, 0.25) is 0 Å². The Morgan fingerprint density at radius 1 is 1.08 bits per heavy atom. The van der Waals surface area contributed by atoms with Gasteiger partial charge in [0.25, 0.3) is 0 Å². The molecule has 4 heteroatoms. The first-order chi connectivity index (χ1) is 11.9. The van der Waals surface area contributed by atoms with Gasteiger partial charge in [-0.3, -0.25) is 0 Å². The molecular weight excluding hydrogens is 314 g/mol. The minimum Gasteiger partial charge on any atom is -0.464 e. The third-order valence-corrected chi connectivity index (χ3v) is 4.70. The van der Waals surface area contributed by atoms with Crippen LogP contribution in [0.3, 0.4) is 0 Å². The molecular formula is C21H27NO3. The number of nitrogens with two attached hydrogens (primary N) is 1. The smallest absolute Gasteiger partial charge is 0.335 e. The van der Waals surface area contributed by atoms with E-state index in [1.54, 1.807) is 6.92 Å². The maximum absolute atomic E-state index is 11.6. The highest BCUT2D eigenvalue weighted by molar-refractivity contribution is 5.74. The molecule has 0 saturated heterocycles. The van der Waals surface area contributed by atoms with Gasteiger partial charge in [-0.25, -0.2) is 4.79 Å². The van der Waals surface area contributed by atoms with Crippen molar-refractivity contribution in [3.05, 3.63) is 60.2 Å². The monoisotopic (exact) mass is 341 g/mol. The molecule has 2 rings (SSSR count). The minimum atomic E-state index is -1.20. The molecule has 2 aromatic carbocycles. The predicted molar refractivity (Wildman–Crippen MR) is 100 cm³/mol. The number of esters is 1. The van der Waals surface area contributed by atoms with Crippen molar-refractivity contribution in [3.8, 4) is 11.1 Å². The number of rotatable bonds is 7. The zero-order chi connectivity index (χ0) is 18.4. The Hall–Kier alpha value is -2.17. The van der Waals surface area contributed by atoms with Crippen LogP contribution in [0.15, 0.2) is 54.6 Å². The number of hydrogen-bond acceptors (Lipinski definition) is 4. The van der Waals surface area contributed by atoms with Crippen molar-refractivity contribution >= 4 is 5.97 Å². The largest absolute Gasteiger partial charge is 0.464 e. The fourth-order valence-corrected chi connectivity index (χ4v) is 2.81. The van der Waals surface area contributed by atoms with Crippen molar-refractivity contribution in [2.45, 2.75) is 44.8 Å². The third-order valence-electron chi connectivity index (χ3n) is 4.70. The summed E-state index contributed by atoms with van der Waals surface area (Å²) in [6, 6.07) is 18.0. The summed E-state index contributed by atoms with van der Waals surface area (Å²) in [5.74, 6) is -0.617. The lowest BCUT2D eigenvalue weighted by Crippen LogP contribution is -2.44. The van der Waals surface area contributed by atoms with Gasteiger partial charge in [0, 0.05) is 17.9 Å². The topological polar surface area (TPSA) is 72.5 Å². The molecule has 0 aliphatic heterocycles. The van der Waals surface area contributed by atoms with E-state index in [0.29, 0.717) is 0 Å². The number of benzene rings is 2.